The van der Waals surface area contributed by atoms with Gasteiger partial charge >= 0.3 is 6.18 Å². The van der Waals surface area contributed by atoms with Gasteiger partial charge in [-0.1, -0.05) is 457 Å². The monoisotopic (exact) mass is 1390 g/mol. The number of benzene rings is 1. The first kappa shape index (κ1) is 138. The van der Waals surface area contributed by atoms with Crippen molar-refractivity contribution in [1.29, 1.82) is 0 Å². The average Bonchev–Trinajstić information content (AvgIpc) is 4.09. The summed E-state index contributed by atoms with van der Waals surface area (Å²) in [5, 5.41) is 0. The van der Waals surface area contributed by atoms with E-state index in [4.69, 9.17) is 6.42 Å². The molecule has 2 aliphatic rings. The fourth-order valence-corrected chi connectivity index (χ4v) is 6.45. The van der Waals surface area contributed by atoms with E-state index in [1.54, 1.807) is 20.8 Å². The third kappa shape index (κ3) is 183. The van der Waals surface area contributed by atoms with Crippen molar-refractivity contribution in [3.8, 4) is 12.3 Å². The summed E-state index contributed by atoms with van der Waals surface area (Å²) >= 11 is 0. The van der Waals surface area contributed by atoms with E-state index in [0.717, 1.165) is 24.7 Å². The highest BCUT2D eigenvalue weighted by atomic mass is 19.4. The summed E-state index contributed by atoms with van der Waals surface area (Å²) in [6.45, 7) is 96.6. The molecule has 0 amide bonds. The van der Waals surface area contributed by atoms with Gasteiger partial charge in [0.1, 0.15) is 0 Å². The van der Waals surface area contributed by atoms with Crippen LogP contribution in [0.15, 0.2) is 43.0 Å². The van der Waals surface area contributed by atoms with Crippen LogP contribution in [0.25, 0.3) is 0 Å². The third-order valence-electron chi connectivity index (χ3n) is 14.2. The molecule has 1 aromatic carbocycles. The number of halogens is 3. The Hall–Kier alpha value is -1.69. The van der Waals surface area contributed by atoms with E-state index in [9.17, 15) is 13.2 Å². The molecular weight excluding hydrogens is 1190 g/mol. The Morgan fingerprint density at radius 1 is 0.361 bits per heavy atom. The van der Waals surface area contributed by atoms with E-state index in [1.807, 2.05) is 6.08 Å². The van der Waals surface area contributed by atoms with Gasteiger partial charge in [0.05, 0.1) is 0 Å². The van der Waals surface area contributed by atoms with Crippen LogP contribution in [0.5, 0.6) is 0 Å². The number of hydrogen-bond donors (Lipinski definition) is 0. The Labute approximate surface area is 625 Å². The zero-order chi connectivity index (χ0) is 73.6. The first-order valence-corrected chi connectivity index (χ1v) is 36.1. The summed E-state index contributed by atoms with van der Waals surface area (Å²) in [6.07, 6.45) is 25.3. The van der Waals surface area contributed by atoms with Crippen molar-refractivity contribution in [3.63, 3.8) is 0 Å². The molecule has 0 N–H and O–H groups in total. The van der Waals surface area contributed by atoms with Crippen LogP contribution < -0.4 is 0 Å². The smallest absolute Gasteiger partial charge is 0.171 e. The maximum atomic E-state index is 11.6. The lowest BCUT2D eigenvalue weighted by molar-refractivity contribution is -0.139. The van der Waals surface area contributed by atoms with Crippen molar-refractivity contribution < 1.29 is 13.2 Å². The number of hydrogen-bond acceptors (Lipinski definition) is 0. The highest BCUT2D eigenvalue weighted by molar-refractivity contribution is 5.22. The minimum absolute atomic E-state index is 0. The van der Waals surface area contributed by atoms with Crippen molar-refractivity contribution in [2.75, 3.05) is 0 Å². The number of terminal acetylenes is 1. The molecule has 97 heavy (non-hydrogen) atoms. The zero-order valence-electron chi connectivity index (χ0n) is 70.0. The molecule has 0 saturated heterocycles. The quantitative estimate of drug-likeness (QED) is 0.197. The van der Waals surface area contributed by atoms with Gasteiger partial charge in [-0.15, -0.1) is 18.9 Å². The molecule has 0 unspecified atom stereocenters. The van der Waals surface area contributed by atoms with Crippen LogP contribution >= 0.6 is 0 Å². The predicted octanol–water partition coefficient (Wildman–Crippen LogP) is 37.6. The molecule has 0 bridgehead atoms. The minimum Gasteiger partial charge on any atom is -0.171 e. The van der Waals surface area contributed by atoms with Crippen molar-refractivity contribution in [3.05, 3.63) is 48.6 Å². The van der Waals surface area contributed by atoms with Crippen LogP contribution in [0.2, 0.25) is 0 Å². The fourth-order valence-electron chi connectivity index (χ4n) is 6.45. The van der Waals surface area contributed by atoms with Crippen molar-refractivity contribution in [1.82, 2.24) is 0 Å². The van der Waals surface area contributed by atoms with Crippen LogP contribution in [0, 0.1) is 83.7 Å². The van der Waals surface area contributed by atoms with E-state index in [0.29, 0.717) is 59.6 Å². The second-order valence-electron chi connectivity index (χ2n) is 40.3. The van der Waals surface area contributed by atoms with E-state index >= 15 is 0 Å². The molecule has 0 aromatic heterocycles. The molecule has 0 spiro atoms. The maximum Gasteiger partial charge on any atom is 0.389 e. The molecule has 1 aromatic rings. The van der Waals surface area contributed by atoms with E-state index < -0.39 is 12.6 Å². The molecule has 2 fully saturated rings. The summed E-state index contributed by atoms with van der Waals surface area (Å²) < 4.78 is 34.8. The molecule has 2 saturated carbocycles. The second kappa shape index (κ2) is 66.3. The van der Waals surface area contributed by atoms with Crippen molar-refractivity contribution >= 4 is 0 Å². The Balaban J connectivity index is -0.0000000478. The normalized spacial score (nSPS) is 12.7. The van der Waals surface area contributed by atoms with Crippen LogP contribution in [0.3, 0.4) is 0 Å². The minimum atomic E-state index is -3.99. The topological polar surface area (TPSA) is 0 Å². The summed E-state index contributed by atoms with van der Waals surface area (Å²) in [5.41, 5.74) is 6.65. The Morgan fingerprint density at radius 2 is 0.608 bits per heavy atom. The van der Waals surface area contributed by atoms with E-state index in [2.05, 4.69) is 313 Å². The summed E-state index contributed by atoms with van der Waals surface area (Å²) in [6, 6.07) is 10.6. The molecule has 3 rings (SSSR count). The van der Waals surface area contributed by atoms with Gasteiger partial charge in [-0.3, -0.25) is 0 Å². The Kier molecular flexibility index (Phi) is 94.4. The molecule has 0 heterocycles. The van der Waals surface area contributed by atoms with Crippen molar-refractivity contribution in [2.45, 2.75) is 484 Å². The van der Waals surface area contributed by atoms with E-state index in [1.165, 1.54) is 102 Å². The van der Waals surface area contributed by atoms with Crippen LogP contribution in [-0.2, 0) is 5.41 Å². The lowest BCUT2D eigenvalue weighted by atomic mass is 9.74. The van der Waals surface area contributed by atoms with Crippen LogP contribution in [0.4, 0.5) is 13.2 Å². The van der Waals surface area contributed by atoms with Gasteiger partial charge in [0, 0.05) is 12.8 Å². The molecular formula is C94H207F3. The molecule has 604 valence electrons. The van der Waals surface area contributed by atoms with Crippen molar-refractivity contribution in [2.24, 2.45) is 71.4 Å². The number of allylic oxidation sites excluding steroid dienone is 1. The molecule has 0 atom stereocenters. The average molecular weight is 1390 g/mol. The highest BCUT2D eigenvalue weighted by Gasteiger charge is 2.29. The van der Waals surface area contributed by atoms with Gasteiger partial charge in [-0.05, 0) is 121 Å². The number of rotatable bonds is 6. The molecule has 0 nitrogen and oxygen atoms in total. The summed E-state index contributed by atoms with van der Waals surface area (Å²) in [7, 11) is 0. The van der Waals surface area contributed by atoms with Crippen LogP contribution in [-0.4, -0.2) is 6.18 Å². The Bertz CT molecular complexity index is 1600. The van der Waals surface area contributed by atoms with Gasteiger partial charge in [-0.25, -0.2) is 0 Å². The summed E-state index contributed by atoms with van der Waals surface area (Å²) in [5.74, 6) is 4.77. The predicted molar refractivity (Wildman–Crippen MR) is 467 cm³/mol. The molecule has 0 aliphatic heterocycles. The third-order valence-corrected chi connectivity index (χ3v) is 14.2. The van der Waals surface area contributed by atoms with Crippen LogP contribution in [0.1, 0.15) is 478 Å². The van der Waals surface area contributed by atoms with Gasteiger partial charge in [0.15, 0.2) is 0 Å². The Morgan fingerprint density at radius 3 is 0.660 bits per heavy atom. The van der Waals surface area contributed by atoms with Gasteiger partial charge < -0.3 is 0 Å². The zero-order valence-corrected chi connectivity index (χ0v) is 70.0. The first-order chi connectivity index (χ1) is 39.0. The number of alkyl halides is 3. The fraction of sp³-hybridized carbons (Fsp3) is 0.894. The van der Waals surface area contributed by atoms with Gasteiger partial charge in [0.25, 0.3) is 0 Å². The van der Waals surface area contributed by atoms with E-state index in [-0.39, 0.29) is 71.2 Å². The van der Waals surface area contributed by atoms with Gasteiger partial charge in [-0.2, -0.15) is 13.2 Å². The lowest BCUT2D eigenvalue weighted by Crippen LogP contribution is -2.18. The standard InChI is InChI=1S/C10H14.C9H18.C8H16.C7H13F3.2C7H16.C7H14.C7H12.4C6H14.8CH4/c1-10(2,3)9-7-5-4-6-8-9;1-9(2,3)7-8-5-4-6-8;1-8(2,3)6-7-4-5-7;1-6(2,3)4-5-7(8,9)10;4*1-5-6-7(2,3)4;4*1-5-6(2,3)4;;;;;;;;/h4-8H,1-3H3;8H,4-7H2,1-3H3;7H,4-6H2,1-3H3;4-5H2,1-3H3;2*5-6H2,1-4H3;5H,1,6H2,2-4H3;1H,6H2,2-4H3;4*5H2,1-4H3;8*1H4. The van der Waals surface area contributed by atoms with Gasteiger partial charge in [0.2, 0.25) is 0 Å². The largest absolute Gasteiger partial charge is 0.389 e. The lowest BCUT2D eigenvalue weighted by Gasteiger charge is -2.31. The maximum absolute atomic E-state index is 11.6. The molecule has 2 aliphatic carbocycles. The molecule has 0 radical (unpaired) electrons. The molecule has 3 heteroatoms. The first-order valence-electron chi connectivity index (χ1n) is 36.1. The summed E-state index contributed by atoms with van der Waals surface area (Å²) in [4.78, 5) is 0. The SMILES string of the molecule is C.C.C.C.C.C.C.C.C#CCC(C)(C)C.C=CCC(C)(C)C.CC(C)(C)CC1CC1.CC(C)(C)CC1CCC1.CC(C)(C)CCC(F)(F)F.CC(C)(C)c1ccccc1.CCC(C)(C)C.CCC(C)(C)C.CCC(C)(C)C.CCC(C)(C)C.CCCC(C)(C)C.CCCC(C)(C)C. The highest BCUT2D eigenvalue weighted by Crippen LogP contribution is 2.40. The second-order valence-corrected chi connectivity index (χ2v) is 40.3.